The normalized spacial score (nSPS) is 23.9. The number of hydrogen-bond donors (Lipinski definition) is 2. The predicted molar refractivity (Wildman–Crippen MR) is 74.2 cm³/mol. The number of rotatable bonds is 3. The molecule has 1 heterocycles. The molecule has 1 amide bonds. The number of aryl methyl sites for hydroxylation is 2. The summed E-state index contributed by atoms with van der Waals surface area (Å²) >= 11 is 1.54. The first-order valence-corrected chi connectivity index (χ1v) is 7.51. The smallest absolute Gasteiger partial charge is 0.261 e. The molecule has 0 bridgehead atoms. The molecule has 2 rings (SSSR count). The van der Waals surface area contributed by atoms with Crippen LogP contribution in [-0.4, -0.2) is 23.2 Å². The highest BCUT2D eigenvalue weighted by Gasteiger charge is 2.25. The Hall–Kier alpha value is -0.870. The van der Waals surface area contributed by atoms with Crippen LogP contribution in [0.4, 0.5) is 0 Å². The minimum atomic E-state index is -0.380. The average Bonchev–Trinajstić information content (AvgIpc) is 2.73. The molecule has 1 saturated carbocycles. The molecule has 0 aliphatic heterocycles. The lowest BCUT2D eigenvalue weighted by atomic mass is 9.92. The van der Waals surface area contributed by atoms with Crippen LogP contribution >= 0.6 is 11.3 Å². The van der Waals surface area contributed by atoms with Crippen LogP contribution in [0.1, 0.15) is 52.7 Å². The van der Waals surface area contributed by atoms with Crippen molar-refractivity contribution < 1.29 is 9.90 Å². The van der Waals surface area contributed by atoms with Gasteiger partial charge in [0.15, 0.2) is 0 Å². The van der Waals surface area contributed by atoms with Crippen LogP contribution in [0.3, 0.4) is 0 Å². The third kappa shape index (κ3) is 2.93. The van der Waals surface area contributed by atoms with Crippen LogP contribution in [0.2, 0.25) is 0 Å². The highest BCUT2D eigenvalue weighted by Crippen LogP contribution is 2.23. The maximum Gasteiger partial charge on any atom is 0.261 e. The molecule has 1 aromatic heterocycles. The molecular weight excluding hydrogens is 246 g/mol. The first kappa shape index (κ1) is 13.6. The van der Waals surface area contributed by atoms with Gasteiger partial charge in [-0.25, -0.2) is 0 Å². The van der Waals surface area contributed by atoms with E-state index < -0.39 is 0 Å². The van der Waals surface area contributed by atoms with E-state index in [1.165, 1.54) is 10.4 Å². The van der Waals surface area contributed by atoms with E-state index in [1.807, 2.05) is 6.07 Å². The van der Waals surface area contributed by atoms with Crippen molar-refractivity contribution in [1.29, 1.82) is 0 Å². The van der Waals surface area contributed by atoms with E-state index in [9.17, 15) is 9.90 Å². The largest absolute Gasteiger partial charge is 0.391 e. The second kappa shape index (κ2) is 5.85. The Bertz CT molecular complexity index is 427. The zero-order valence-corrected chi connectivity index (χ0v) is 11.8. The topological polar surface area (TPSA) is 49.3 Å². The molecule has 2 N–H and O–H groups in total. The third-order valence-corrected chi connectivity index (χ3v) is 4.76. The summed E-state index contributed by atoms with van der Waals surface area (Å²) in [7, 11) is 0. The molecular formula is C14H21NO2S. The van der Waals surface area contributed by atoms with Gasteiger partial charge in [-0.2, -0.15) is 0 Å². The molecule has 3 nitrogen and oxygen atoms in total. The van der Waals surface area contributed by atoms with E-state index in [0.717, 1.165) is 37.0 Å². The van der Waals surface area contributed by atoms with Crippen molar-refractivity contribution in [3.63, 3.8) is 0 Å². The van der Waals surface area contributed by atoms with Gasteiger partial charge >= 0.3 is 0 Å². The first-order valence-electron chi connectivity index (χ1n) is 6.70. The molecule has 2 atom stereocenters. The molecule has 1 fully saturated rings. The zero-order chi connectivity index (χ0) is 13.1. The molecule has 0 aromatic carbocycles. The van der Waals surface area contributed by atoms with Gasteiger partial charge in [-0.1, -0.05) is 19.8 Å². The minimum Gasteiger partial charge on any atom is -0.391 e. The summed E-state index contributed by atoms with van der Waals surface area (Å²) in [6.45, 7) is 4.15. The predicted octanol–water partition coefficient (Wildman–Crippen LogP) is 2.65. The van der Waals surface area contributed by atoms with Gasteiger partial charge in [-0.05, 0) is 37.8 Å². The molecule has 0 saturated heterocycles. The summed E-state index contributed by atoms with van der Waals surface area (Å²) in [6.07, 6.45) is 4.42. The lowest BCUT2D eigenvalue weighted by Crippen LogP contribution is -2.44. The van der Waals surface area contributed by atoms with Gasteiger partial charge in [-0.3, -0.25) is 4.79 Å². The van der Waals surface area contributed by atoms with Crippen molar-refractivity contribution in [1.82, 2.24) is 5.32 Å². The van der Waals surface area contributed by atoms with Gasteiger partial charge in [0.2, 0.25) is 0 Å². The second-order valence-electron chi connectivity index (χ2n) is 4.98. The number of carbonyl (C=O) groups is 1. The molecule has 1 aromatic rings. The summed E-state index contributed by atoms with van der Waals surface area (Å²) < 4.78 is 0. The fraction of sp³-hybridized carbons (Fsp3) is 0.643. The molecule has 0 spiro atoms. The molecule has 4 heteroatoms. The highest BCUT2D eigenvalue weighted by molar-refractivity contribution is 7.14. The van der Waals surface area contributed by atoms with Gasteiger partial charge in [0.1, 0.15) is 0 Å². The van der Waals surface area contributed by atoms with Crippen molar-refractivity contribution >= 4 is 17.2 Å². The number of carbonyl (C=O) groups excluding carboxylic acids is 1. The molecule has 0 radical (unpaired) electrons. The maximum atomic E-state index is 12.1. The fourth-order valence-corrected chi connectivity index (χ4v) is 3.52. The fourth-order valence-electron chi connectivity index (χ4n) is 2.50. The molecule has 1 aliphatic carbocycles. The Morgan fingerprint density at radius 2 is 2.22 bits per heavy atom. The summed E-state index contributed by atoms with van der Waals surface area (Å²) in [4.78, 5) is 14.1. The minimum absolute atomic E-state index is 0.0336. The summed E-state index contributed by atoms with van der Waals surface area (Å²) in [5.74, 6) is -0.0336. The van der Waals surface area contributed by atoms with E-state index in [-0.39, 0.29) is 18.1 Å². The number of hydrogen-bond acceptors (Lipinski definition) is 3. The lowest BCUT2D eigenvalue weighted by Gasteiger charge is -2.28. The average molecular weight is 267 g/mol. The van der Waals surface area contributed by atoms with E-state index >= 15 is 0 Å². The van der Waals surface area contributed by atoms with Crippen LogP contribution in [0.15, 0.2) is 6.07 Å². The molecule has 18 heavy (non-hydrogen) atoms. The number of aliphatic hydroxyl groups excluding tert-OH is 1. The van der Waals surface area contributed by atoms with Gasteiger partial charge in [-0.15, -0.1) is 11.3 Å². The molecule has 1 aliphatic rings. The standard InChI is InChI=1S/C14H21NO2S/c1-3-10-8-13(18-9(10)2)14(17)15-11-6-4-5-7-12(11)16/h8,11-12,16H,3-7H2,1-2H3,(H,15,17). The maximum absolute atomic E-state index is 12.1. The van der Waals surface area contributed by atoms with Crippen LogP contribution in [0.25, 0.3) is 0 Å². The van der Waals surface area contributed by atoms with Crippen molar-refractivity contribution in [2.75, 3.05) is 0 Å². The zero-order valence-electron chi connectivity index (χ0n) is 11.0. The van der Waals surface area contributed by atoms with Gasteiger partial charge < -0.3 is 10.4 Å². The van der Waals surface area contributed by atoms with Crippen molar-refractivity contribution in [3.05, 3.63) is 21.4 Å². The first-order chi connectivity index (χ1) is 8.61. The summed E-state index contributed by atoms with van der Waals surface area (Å²) in [6, 6.07) is 1.91. The van der Waals surface area contributed by atoms with Gasteiger partial charge in [0.25, 0.3) is 5.91 Å². The molecule has 2 unspecified atom stereocenters. The Kier molecular flexibility index (Phi) is 4.40. The van der Waals surface area contributed by atoms with E-state index in [0.29, 0.717) is 0 Å². The van der Waals surface area contributed by atoms with Crippen molar-refractivity contribution in [2.45, 2.75) is 58.1 Å². The number of amides is 1. The van der Waals surface area contributed by atoms with Crippen LogP contribution in [-0.2, 0) is 6.42 Å². The Morgan fingerprint density at radius 1 is 1.50 bits per heavy atom. The lowest BCUT2D eigenvalue weighted by molar-refractivity contribution is 0.0720. The van der Waals surface area contributed by atoms with E-state index in [2.05, 4.69) is 19.2 Å². The summed E-state index contributed by atoms with van der Waals surface area (Å²) in [5.41, 5.74) is 1.24. The van der Waals surface area contributed by atoms with Crippen molar-refractivity contribution in [3.8, 4) is 0 Å². The monoisotopic (exact) mass is 267 g/mol. The van der Waals surface area contributed by atoms with E-state index in [4.69, 9.17) is 0 Å². The Morgan fingerprint density at radius 3 is 2.83 bits per heavy atom. The van der Waals surface area contributed by atoms with Crippen LogP contribution in [0, 0.1) is 6.92 Å². The highest BCUT2D eigenvalue weighted by atomic mass is 32.1. The summed E-state index contributed by atoms with van der Waals surface area (Å²) in [5, 5.41) is 12.8. The number of thiophene rings is 1. The second-order valence-corrected chi connectivity index (χ2v) is 6.23. The van der Waals surface area contributed by atoms with Crippen LogP contribution in [0.5, 0.6) is 0 Å². The Balaban J connectivity index is 2.02. The quantitative estimate of drug-likeness (QED) is 0.884. The Labute approximate surface area is 112 Å². The number of aliphatic hydroxyl groups is 1. The van der Waals surface area contributed by atoms with Crippen molar-refractivity contribution in [2.24, 2.45) is 0 Å². The van der Waals surface area contributed by atoms with Crippen LogP contribution < -0.4 is 5.32 Å². The number of nitrogens with one attached hydrogen (secondary N) is 1. The van der Waals surface area contributed by atoms with Gasteiger partial charge in [0.05, 0.1) is 17.0 Å². The molecule has 100 valence electrons. The van der Waals surface area contributed by atoms with E-state index in [1.54, 1.807) is 11.3 Å². The third-order valence-electron chi connectivity index (χ3n) is 3.67. The SMILES string of the molecule is CCc1cc(C(=O)NC2CCCCC2O)sc1C. The van der Waals surface area contributed by atoms with Gasteiger partial charge in [0, 0.05) is 4.88 Å².